The number of aliphatic hydroxyl groups excluding tert-OH is 1. The van der Waals surface area contributed by atoms with Gasteiger partial charge in [-0.05, 0) is 36.0 Å². The fraction of sp³-hybridized carbons (Fsp3) is 0.474. The maximum atomic E-state index is 12.6. The van der Waals surface area contributed by atoms with Crippen molar-refractivity contribution >= 4 is 35.0 Å². The zero-order valence-corrected chi connectivity index (χ0v) is 16.9. The number of likely N-dealkylation sites (N-methyl/N-ethyl adjacent to an activating group) is 1. The third kappa shape index (κ3) is 4.33. The minimum atomic E-state index is -0.522. The Morgan fingerprint density at radius 2 is 1.92 bits per heavy atom. The molecule has 0 saturated carbocycles. The van der Waals surface area contributed by atoms with E-state index < -0.39 is 23.6 Å². The molecule has 0 spiro atoms. The molecule has 5 nitrogen and oxygen atoms in total. The lowest BCUT2D eigenvalue weighted by atomic mass is 9.82. The standard InChI is InChI=1S/C19H24Cl2N2O3/c1-19(2,3)16-14(15(24)18(26)23(16)4)17(25)22-9-5-6-11-7-8-12(20)13(21)10-11/h7-8,10,16,24H,5-6,9H2,1-4H3,(H,22,25). The molecule has 0 fully saturated rings. The van der Waals surface area contributed by atoms with Crippen LogP contribution in [0.1, 0.15) is 32.8 Å². The molecule has 7 heteroatoms. The van der Waals surface area contributed by atoms with Crippen LogP contribution in [0.3, 0.4) is 0 Å². The van der Waals surface area contributed by atoms with Crippen LogP contribution in [0.5, 0.6) is 0 Å². The van der Waals surface area contributed by atoms with Crippen LogP contribution < -0.4 is 5.32 Å². The van der Waals surface area contributed by atoms with E-state index in [1.54, 1.807) is 19.2 Å². The molecule has 1 aromatic rings. The van der Waals surface area contributed by atoms with Crippen LogP contribution in [-0.4, -0.2) is 41.5 Å². The first-order chi connectivity index (χ1) is 12.0. The second-order valence-corrected chi connectivity index (χ2v) is 8.37. The highest BCUT2D eigenvalue weighted by molar-refractivity contribution is 6.42. The molecule has 1 aliphatic rings. The molecule has 1 aliphatic heterocycles. The molecule has 0 aromatic heterocycles. The topological polar surface area (TPSA) is 69.6 Å². The van der Waals surface area contributed by atoms with Gasteiger partial charge < -0.3 is 15.3 Å². The van der Waals surface area contributed by atoms with E-state index >= 15 is 0 Å². The van der Waals surface area contributed by atoms with Crippen molar-refractivity contribution in [3.8, 4) is 0 Å². The second kappa shape index (κ2) is 7.89. The SMILES string of the molecule is CN1C(=O)C(O)=C(C(=O)NCCCc2ccc(Cl)c(Cl)c2)C1C(C)(C)C. The summed E-state index contributed by atoms with van der Waals surface area (Å²) in [6.07, 6.45) is 1.42. The maximum Gasteiger partial charge on any atom is 0.289 e. The van der Waals surface area contributed by atoms with Crippen molar-refractivity contribution in [2.75, 3.05) is 13.6 Å². The summed E-state index contributed by atoms with van der Waals surface area (Å²) in [5, 5.41) is 13.9. The third-order valence-corrected chi connectivity index (χ3v) is 5.15. The van der Waals surface area contributed by atoms with Crippen LogP contribution in [0, 0.1) is 5.41 Å². The zero-order chi connectivity index (χ0) is 19.6. The van der Waals surface area contributed by atoms with Crippen molar-refractivity contribution in [3.63, 3.8) is 0 Å². The molecule has 1 aromatic carbocycles. The lowest BCUT2D eigenvalue weighted by Gasteiger charge is -2.33. The van der Waals surface area contributed by atoms with Gasteiger partial charge in [0, 0.05) is 13.6 Å². The third-order valence-electron chi connectivity index (χ3n) is 4.42. The van der Waals surface area contributed by atoms with Crippen LogP contribution in [0.2, 0.25) is 10.0 Å². The first-order valence-electron chi connectivity index (χ1n) is 8.46. The van der Waals surface area contributed by atoms with Crippen LogP contribution >= 0.6 is 23.2 Å². The Kier molecular flexibility index (Phi) is 6.25. The van der Waals surface area contributed by atoms with Crippen LogP contribution in [0.4, 0.5) is 0 Å². The van der Waals surface area contributed by atoms with Gasteiger partial charge in [0.15, 0.2) is 5.76 Å². The Bertz CT molecular complexity index is 754. The summed E-state index contributed by atoms with van der Waals surface area (Å²) >= 11 is 11.9. The minimum Gasteiger partial charge on any atom is -0.503 e. The average molecular weight is 399 g/mol. The van der Waals surface area contributed by atoms with Crippen molar-refractivity contribution < 1.29 is 14.7 Å². The molecule has 26 heavy (non-hydrogen) atoms. The number of amides is 2. The summed E-state index contributed by atoms with van der Waals surface area (Å²) in [5.74, 6) is -1.39. The van der Waals surface area contributed by atoms with Crippen LogP contribution in [0.25, 0.3) is 0 Å². The Morgan fingerprint density at radius 1 is 1.27 bits per heavy atom. The largest absolute Gasteiger partial charge is 0.503 e. The number of carbonyl (C=O) groups excluding carboxylic acids is 2. The quantitative estimate of drug-likeness (QED) is 0.742. The van der Waals surface area contributed by atoms with Gasteiger partial charge >= 0.3 is 0 Å². The van der Waals surface area contributed by atoms with Crippen molar-refractivity contribution in [1.29, 1.82) is 0 Å². The van der Waals surface area contributed by atoms with Gasteiger partial charge in [0.25, 0.3) is 11.8 Å². The fourth-order valence-corrected chi connectivity index (χ4v) is 3.57. The highest BCUT2D eigenvalue weighted by Crippen LogP contribution is 2.35. The average Bonchev–Trinajstić information content (AvgIpc) is 2.78. The van der Waals surface area contributed by atoms with Crippen LogP contribution in [0.15, 0.2) is 29.5 Å². The number of carbonyl (C=O) groups is 2. The predicted octanol–water partition coefficient (Wildman–Crippen LogP) is 3.74. The number of halogens is 2. The van der Waals surface area contributed by atoms with Crippen LogP contribution in [-0.2, 0) is 16.0 Å². The monoisotopic (exact) mass is 398 g/mol. The zero-order valence-electron chi connectivity index (χ0n) is 15.4. The summed E-state index contributed by atoms with van der Waals surface area (Å²) in [4.78, 5) is 26.1. The first kappa shape index (κ1) is 20.6. The summed E-state index contributed by atoms with van der Waals surface area (Å²) in [5.41, 5.74) is 0.792. The Balaban J connectivity index is 1.98. The number of rotatable bonds is 5. The summed E-state index contributed by atoms with van der Waals surface area (Å²) in [6.45, 7) is 6.21. The lowest BCUT2D eigenvalue weighted by molar-refractivity contribution is -0.129. The molecule has 142 valence electrons. The number of benzene rings is 1. The highest BCUT2D eigenvalue weighted by Gasteiger charge is 2.46. The van der Waals surface area contributed by atoms with E-state index in [4.69, 9.17) is 23.2 Å². The summed E-state index contributed by atoms with van der Waals surface area (Å²) in [6, 6.07) is 4.98. The van der Waals surface area contributed by atoms with E-state index in [1.807, 2.05) is 26.8 Å². The fourth-order valence-electron chi connectivity index (χ4n) is 3.25. The molecule has 1 heterocycles. The predicted molar refractivity (Wildman–Crippen MR) is 103 cm³/mol. The van der Waals surface area contributed by atoms with E-state index in [0.29, 0.717) is 23.0 Å². The molecular weight excluding hydrogens is 375 g/mol. The number of nitrogens with zero attached hydrogens (tertiary/aromatic N) is 1. The van der Waals surface area contributed by atoms with Gasteiger partial charge in [-0.3, -0.25) is 9.59 Å². The Labute approximate surface area is 164 Å². The Hall–Kier alpha value is -1.72. The van der Waals surface area contributed by atoms with Gasteiger partial charge in [0.1, 0.15) is 0 Å². The molecule has 0 bridgehead atoms. The second-order valence-electron chi connectivity index (χ2n) is 7.55. The molecule has 0 radical (unpaired) electrons. The van der Waals surface area contributed by atoms with E-state index in [9.17, 15) is 14.7 Å². The van der Waals surface area contributed by atoms with Gasteiger partial charge in [-0.15, -0.1) is 0 Å². The van der Waals surface area contributed by atoms with Gasteiger partial charge in [-0.2, -0.15) is 0 Å². The summed E-state index contributed by atoms with van der Waals surface area (Å²) in [7, 11) is 1.60. The van der Waals surface area contributed by atoms with E-state index in [-0.39, 0.29) is 11.0 Å². The number of hydrogen-bond donors (Lipinski definition) is 2. The number of aliphatic hydroxyl groups is 1. The van der Waals surface area contributed by atoms with Gasteiger partial charge in [0.2, 0.25) is 0 Å². The normalized spacial score (nSPS) is 17.8. The van der Waals surface area contributed by atoms with Gasteiger partial charge in [0.05, 0.1) is 21.7 Å². The maximum absolute atomic E-state index is 12.6. The number of nitrogens with one attached hydrogen (secondary N) is 1. The molecule has 1 atom stereocenters. The molecule has 0 saturated heterocycles. The lowest BCUT2D eigenvalue weighted by Crippen LogP contribution is -2.44. The van der Waals surface area contributed by atoms with Crippen molar-refractivity contribution in [1.82, 2.24) is 10.2 Å². The summed E-state index contributed by atoms with van der Waals surface area (Å²) < 4.78 is 0. The van der Waals surface area contributed by atoms with E-state index in [1.165, 1.54) is 4.90 Å². The molecule has 2 amide bonds. The smallest absolute Gasteiger partial charge is 0.289 e. The van der Waals surface area contributed by atoms with Crippen molar-refractivity contribution in [3.05, 3.63) is 45.1 Å². The van der Waals surface area contributed by atoms with Gasteiger partial charge in [-0.1, -0.05) is 50.0 Å². The first-order valence-corrected chi connectivity index (χ1v) is 9.22. The van der Waals surface area contributed by atoms with E-state index in [2.05, 4.69) is 5.32 Å². The van der Waals surface area contributed by atoms with Gasteiger partial charge in [-0.25, -0.2) is 0 Å². The number of hydrogen-bond acceptors (Lipinski definition) is 3. The van der Waals surface area contributed by atoms with Crippen molar-refractivity contribution in [2.24, 2.45) is 5.41 Å². The Morgan fingerprint density at radius 3 is 2.50 bits per heavy atom. The molecular formula is C19H24Cl2N2O3. The highest BCUT2D eigenvalue weighted by atomic mass is 35.5. The molecule has 1 unspecified atom stereocenters. The number of aryl methyl sites for hydroxylation is 1. The molecule has 2 N–H and O–H groups in total. The minimum absolute atomic E-state index is 0.138. The molecule has 0 aliphatic carbocycles. The van der Waals surface area contributed by atoms with Crippen molar-refractivity contribution in [2.45, 2.75) is 39.7 Å². The molecule has 2 rings (SSSR count). The van der Waals surface area contributed by atoms with E-state index in [0.717, 1.165) is 12.0 Å².